The van der Waals surface area contributed by atoms with Crippen molar-refractivity contribution < 1.29 is 5.11 Å². The summed E-state index contributed by atoms with van der Waals surface area (Å²) in [5.74, 6) is 7.57. The second kappa shape index (κ2) is 9.07. The van der Waals surface area contributed by atoms with Crippen molar-refractivity contribution in [1.29, 1.82) is 0 Å². The van der Waals surface area contributed by atoms with E-state index < -0.39 is 0 Å². The van der Waals surface area contributed by atoms with Crippen LogP contribution >= 0.6 is 0 Å². The van der Waals surface area contributed by atoms with Crippen molar-refractivity contribution in [3.05, 3.63) is 0 Å². The molecule has 9 atom stereocenters. The average molecular weight is 417 g/mol. The van der Waals surface area contributed by atoms with Crippen LogP contribution in [0.1, 0.15) is 118 Å². The van der Waals surface area contributed by atoms with Gasteiger partial charge in [0.25, 0.3) is 0 Å². The van der Waals surface area contributed by atoms with E-state index in [9.17, 15) is 5.11 Å². The minimum Gasteiger partial charge on any atom is -0.396 e. The summed E-state index contributed by atoms with van der Waals surface area (Å²) in [7, 11) is 0. The van der Waals surface area contributed by atoms with Gasteiger partial charge in [-0.05, 0) is 122 Å². The first-order chi connectivity index (χ1) is 14.3. The first-order valence-corrected chi connectivity index (χ1v) is 13.9. The van der Waals surface area contributed by atoms with Crippen LogP contribution in [-0.4, -0.2) is 11.7 Å². The fourth-order valence-electron chi connectivity index (χ4n) is 9.82. The van der Waals surface area contributed by atoms with Gasteiger partial charge in [0.1, 0.15) is 0 Å². The van der Waals surface area contributed by atoms with Gasteiger partial charge >= 0.3 is 0 Å². The van der Waals surface area contributed by atoms with Crippen molar-refractivity contribution in [3.8, 4) is 0 Å². The molecule has 174 valence electrons. The molecule has 4 aliphatic rings. The molecule has 0 radical (unpaired) electrons. The molecule has 0 aliphatic heterocycles. The third kappa shape index (κ3) is 4.04. The highest BCUT2D eigenvalue weighted by Crippen LogP contribution is 2.68. The molecule has 0 saturated heterocycles. The molecule has 1 N–H and O–H groups in total. The Hall–Kier alpha value is -0.0400. The summed E-state index contributed by atoms with van der Waals surface area (Å²) in [6.07, 6.45) is 18.7. The molecule has 0 aromatic carbocycles. The minimum absolute atomic E-state index is 0.400. The van der Waals surface area contributed by atoms with Crippen LogP contribution in [-0.2, 0) is 0 Å². The normalized spacial score (nSPS) is 46.9. The first-order valence-electron chi connectivity index (χ1n) is 13.9. The summed E-state index contributed by atoms with van der Waals surface area (Å²) in [6, 6.07) is 0. The summed E-state index contributed by atoms with van der Waals surface area (Å²) in [5.41, 5.74) is 1.24. The number of hydrogen-bond acceptors (Lipinski definition) is 1. The van der Waals surface area contributed by atoms with E-state index in [1.54, 1.807) is 0 Å². The molecule has 4 rings (SSSR count). The van der Waals surface area contributed by atoms with Gasteiger partial charge in [-0.25, -0.2) is 0 Å². The van der Waals surface area contributed by atoms with Gasteiger partial charge in [-0.15, -0.1) is 0 Å². The second-order valence-electron chi connectivity index (χ2n) is 13.3. The Morgan fingerprint density at radius 2 is 1.57 bits per heavy atom. The minimum atomic E-state index is 0.400. The fraction of sp³-hybridized carbons (Fsp3) is 1.00. The number of aliphatic hydroxyl groups excluding tert-OH is 1. The van der Waals surface area contributed by atoms with Crippen molar-refractivity contribution in [3.63, 3.8) is 0 Å². The predicted molar refractivity (Wildman–Crippen MR) is 128 cm³/mol. The summed E-state index contributed by atoms with van der Waals surface area (Å²) in [4.78, 5) is 0. The summed E-state index contributed by atoms with van der Waals surface area (Å²) in [6.45, 7) is 13.2. The molecule has 4 aliphatic carbocycles. The summed E-state index contributed by atoms with van der Waals surface area (Å²) in [5, 5.41) is 9.45. The fourth-order valence-corrected chi connectivity index (χ4v) is 9.82. The molecule has 0 spiro atoms. The lowest BCUT2D eigenvalue weighted by Crippen LogP contribution is -2.53. The maximum atomic E-state index is 9.45. The molecule has 1 heteroatoms. The number of hydrogen-bond donors (Lipinski definition) is 1. The van der Waals surface area contributed by atoms with E-state index in [1.165, 1.54) is 77.0 Å². The molecule has 0 bridgehead atoms. The van der Waals surface area contributed by atoms with Crippen molar-refractivity contribution in [2.24, 2.45) is 58.2 Å². The van der Waals surface area contributed by atoms with E-state index in [1.807, 2.05) is 0 Å². The number of rotatable bonds is 7. The summed E-state index contributed by atoms with van der Waals surface area (Å²) >= 11 is 0. The molecule has 30 heavy (non-hydrogen) atoms. The van der Waals surface area contributed by atoms with Crippen LogP contribution in [0.3, 0.4) is 0 Å². The van der Waals surface area contributed by atoms with E-state index >= 15 is 0 Å². The zero-order valence-electron chi connectivity index (χ0n) is 21.0. The summed E-state index contributed by atoms with van der Waals surface area (Å²) < 4.78 is 0. The van der Waals surface area contributed by atoms with Crippen LogP contribution in [0.4, 0.5) is 0 Å². The predicted octanol–water partition coefficient (Wildman–Crippen LogP) is 8.11. The van der Waals surface area contributed by atoms with Gasteiger partial charge in [-0.3, -0.25) is 0 Å². The standard InChI is InChI=1S/C29H52O/c1-20(2)7-6-8-21(3)25-11-12-26-24-10-9-23-19-22(15-18-30)13-16-28(23,4)27(24)14-17-29(25,26)5/h20-27,30H,6-19H2,1-5H3/t21-,22?,23+,24+,25-,26+,27+,28+,29-/m1/s1. The van der Waals surface area contributed by atoms with Gasteiger partial charge in [0, 0.05) is 6.61 Å². The highest BCUT2D eigenvalue weighted by molar-refractivity contribution is 5.09. The van der Waals surface area contributed by atoms with E-state index in [4.69, 9.17) is 0 Å². The Bertz CT molecular complexity index is 569. The average Bonchev–Trinajstić information content (AvgIpc) is 3.05. The van der Waals surface area contributed by atoms with Gasteiger partial charge < -0.3 is 5.11 Å². The van der Waals surface area contributed by atoms with Crippen LogP contribution in [0.5, 0.6) is 0 Å². The Labute approximate surface area is 188 Å². The largest absolute Gasteiger partial charge is 0.396 e. The smallest absolute Gasteiger partial charge is 0.0433 e. The van der Waals surface area contributed by atoms with Crippen molar-refractivity contribution >= 4 is 0 Å². The number of aliphatic hydroxyl groups is 1. The molecule has 1 nitrogen and oxygen atoms in total. The Balaban J connectivity index is 1.43. The molecule has 0 aromatic heterocycles. The molecular weight excluding hydrogens is 364 g/mol. The third-order valence-corrected chi connectivity index (χ3v) is 11.5. The SMILES string of the molecule is CC(C)CCC[C@@H](C)[C@H]1CC[C@H]2[C@@H]3CC[C@H]4CC(CCO)CC[C@]4(C)[C@H]3CC[C@]12C. The molecule has 0 heterocycles. The lowest BCUT2D eigenvalue weighted by Gasteiger charge is -2.61. The van der Waals surface area contributed by atoms with Gasteiger partial charge in [0.15, 0.2) is 0 Å². The van der Waals surface area contributed by atoms with Crippen LogP contribution in [0.15, 0.2) is 0 Å². The van der Waals surface area contributed by atoms with Gasteiger partial charge in [-0.1, -0.05) is 53.9 Å². The lowest BCUT2D eigenvalue weighted by atomic mass is 9.44. The van der Waals surface area contributed by atoms with Crippen LogP contribution in [0.25, 0.3) is 0 Å². The van der Waals surface area contributed by atoms with E-state index in [-0.39, 0.29) is 0 Å². The van der Waals surface area contributed by atoms with Crippen molar-refractivity contribution in [1.82, 2.24) is 0 Å². The van der Waals surface area contributed by atoms with Crippen molar-refractivity contribution in [2.75, 3.05) is 6.61 Å². The van der Waals surface area contributed by atoms with Gasteiger partial charge in [0.05, 0.1) is 0 Å². The topological polar surface area (TPSA) is 20.2 Å². The monoisotopic (exact) mass is 416 g/mol. The zero-order valence-corrected chi connectivity index (χ0v) is 21.0. The first kappa shape index (κ1) is 23.1. The van der Waals surface area contributed by atoms with E-state index in [0.717, 1.165) is 53.8 Å². The maximum Gasteiger partial charge on any atom is 0.0433 e. The highest BCUT2D eigenvalue weighted by Gasteiger charge is 2.60. The quantitative estimate of drug-likeness (QED) is 0.444. The van der Waals surface area contributed by atoms with Gasteiger partial charge in [0.2, 0.25) is 0 Å². The van der Waals surface area contributed by atoms with Crippen molar-refractivity contribution in [2.45, 2.75) is 118 Å². The Morgan fingerprint density at radius 3 is 2.30 bits per heavy atom. The van der Waals surface area contributed by atoms with Gasteiger partial charge in [-0.2, -0.15) is 0 Å². The number of fused-ring (bicyclic) bond motifs is 5. The molecular formula is C29H52O. The van der Waals surface area contributed by atoms with E-state index in [0.29, 0.717) is 17.4 Å². The second-order valence-corrected chi connectivity index (χ2v) is 13.3. The lowest BCUT2D eigenvalue weighted by molar-refractivity contribution is -0.122. The maximum absolute atomic E-state index is 9.45. The molecule has 4 fully saturated rings. The molecule has 0 aromatic rings. The van der Waals surface area contributed by atoms with E-state index in [2.05, 4.69) is 34.6 Å². The highest BCUT2D eigenvalue weighted by atomic mass is 16.3. The van der Waals surface area contributed by atoms with Crippen LogP contribution in [0, 0.1) is 58.2 Å². The molecule has 0 amide bonds. The molecule has 4 saturated carbocycles. The molecule has 1 unspecified atom stereocenters. The third-order valence-electron chi connectivity index (χ3n) is 11.5. The Morgan fingerprint density at radius 1 is 0.833 bits per heavy atom. The van der Waals surface area contributed by atoms with Crippen LogP contribution < -0.4 is 0 Å². The Kier molecular flexibility index (Phi) is 6.99. The van der Waals surface area contributed by atoms with Crippen LogP contribution in [0.2, 0.25) is 0 Å². The zero-order chi connectivity index (χ0) is 21.5.